The number of aromatic nitrogens is 2. The number of nitriles is 2. The molecule has 0 atom stereocenters. The normalized spacial score (nSPS) is 10.8. The molecule has 0 aliphatic heterocycles. The van der Waals surface area contributed by atoms with E-state index < -0.39 is 0 Å². The van der Waals surface area contributed by atoms with E-state index in [-0.39, 0.29) is 0 Å². The second-order valence-electron chi connectivity index (χ2n) is 6.50. The third-order valence-corrected chi connectivity index (χ3v) is 4.75. The van der Waals surface area contributed by atoms with Gasteiger partial charge in [-0.25, -0.2) is 0 Å². The van der Waals surface area contributed by atoms with E-state index >= 15 is 0 Å². The highest BCUT2D eigenvalue weighted by atomic mass is 16.3. The molecular weight excluding hydrogens is 348 g/mol. The Morgan fingerprint density at radius 1 is 0.821 bits per heavy atom. The zero-order valence-corrected chi connectivity index (χ0v) is 14.6. The lowest BCUT2D eigenvalue weighted by Crippen LogP contribution is -1.85. The molecule has 3 aromatic heterocycles. The van der Waals surface area contributed by atoms with Crippen molar-refractivity contribution in [3.63, 3.8) is 0 Å². The standard InChI is InChI=1S/C23H12N4O/c24-11-14-1-2-16-9-22(27-21(16)7-14)20-6-5-18(13-26-20)15-3-4-17-8-19(12-25)28-23(17)10-15/h1-10,13,27H. The minimum absolute atomic E-state index is 0.305. The van der Waals surface area contributed by atoms with Crippen molar-refractivity contribution in [2.24, 2.45) is 0 Å². The van der Waals surface area contributed by atoms with E-state index in [1.807, 2.05) is 60.8 Å². The second kappa shape index (κ2) is 6.12. The molecule has 0 aliphatic rings. The maximum absolute atomic E-state index is 9.04. The van der Waals surface area contributed by atoms with Crippen molar-refractivity contribution in [2.75, 3.05) is 0 Å². The van der Waals surface area contributed by atoms with Crippen LogP contribution in [0.4, 0.5) is 0 Å². The van der Waals surface area contributed by atoms with Crippen LogP contribution >= 0.6 is 0 Å². The van der Waals surface area contributed by atoms with Crippen LogP contribution < -0.4 is 0 Å². The Labute approximate surface area is 160 Å². The third-order valence-electron chi connectivity index (χ3n) is 4.75. The topological polar surface area (TPSA) is 89.4 Å². The van der Waals surface area contributed by atoms with E-state index in [1.54, 1.807) is 12.1 Å². The summed E-state index contributed by atoms with van der Waals surface area (Å²) in [6.45, 7) is 0. The molecular formula is C23H12N4O. The molecule has 5 aromatic rings. The number of hydrogen-bond acceptors (Lipinski definition) is 4. The Bertz CT molecular complexity index is 1390. The third kappa shape index (κ3) is 2.59. The van der Waals surface area contributed by atoms with Crippen molar-refractivity contribution in [3.8, 4) is 34.7 Å². The molecule has 3 heterocycles. The van der Waals surface area contributed by atoms with Crippen molar-refractivity contribution in [1.82, 2.24) is 9.97 Å². The molecule has 28 heavy (non-hydrogen) atoms. The average Bonchev–Trinajstić information content (AvgIpc) is 3.36. The summed E-state index contributed by atoms with van der Waals surface area (Å²) in [5, 5.41) is 20.0. The number of H-pyrrole nitrogens is 1. The van der Waals surface area contributed by atoms with E-state index in [2.05, 4.69) is 16.0 Å². The first-order chi connectivity index (χ1) is 13.7. The second-order valence-corrected chi connectivity index (χ2v) is 6.50. The lowest BCUT2D eigenvalue weighted by molar-refractivity contribution is 0.599. The largest absolute Gasteiger partial charge is 0.446 e. The van der Waals surface area contributed by atoms with Crippen LogP contribution in [0.15, 0.2) is 71.3 Å². The molecule has 5 rings (SSSR count). The molecule has 0 fully saturated rings. The van der Waals surface area contributed by atoms with Gasteiger partial charge in [-0.2, -0.15) is 10.5 Å². The quantitative estimate of drug-likeness (QED) is 0.457. The molecule has 0 saturated carbocycles. The fourth-order valence-electron chi connectivity index (χ4n) is 3.32. The Balaban J connectivity index is 1.50. The smallest absolute Gasteiger partial charge is 0.204 e. The van der Waals surface area contributed by atoms with Crippen LogP contribution in [-0.4, -0.2) is 9.97 Å². The minimum Gasteiger partial charge on any atom is -0.446 e. The van der Waals surface area contributed by atoms with Gasteiger partial charge in [-0.3, -0.25) is 4.98 Å². The van der Waals surface area contributed by atoms with Gasteiger partial charge in [0.25, 0.3) is 0 Å². The Morgan fingerprint density at radius 2 is 1.68 bits per heavy atom. The molecule has 130 valence electrons. The van der Waals surface area contributed by atoms with Crippen LogP contribution in [0.2, 0.25) is 0 Å². The molecule has 0 radical (unpaired) electrons. The van der Waals surface area contributed by atoms with Crippen LogP contribution in [0, 0.1) is 22.7 Å². The SMILES string of the molecule is N#Cc1ccc2cc(-c3ccc(-c4ccc5cc(C#N)oc5c4)cn3)[nH]c2c1. The van der Waals surface area contributed by atoms with Crippen molar-refractivity contribution >= 4 is 21.9 Å². The van der Waals surface area contributed by atoms with E-state index in [9.17, 15) is 0 Å². The summed E-state index contributed by atoms with van der Waals surface area (Å²) in [5.74, 6) is 0.305. The molecule has 0 amide bonds. The number of benzene rings is 2. The summed E-state index contributed by atoms with van der Waals surface area (Å²) in [7, 11) is 0. The first kappa shape index (κ1) is 15.9. The highest BCUT2D eigenvalue weighted by Crippen LogP contribution is 2.28. The van der Waals surface area contributed by atoms with E-state index in [0.717, 1.165) is 38.8 Å². The van der Waals surface area contributed by atoms with E-state index in [0.29, 0.717) is 16.9 Å². The molecule has 0 bridgehead atoms. The summed E-state index contributed by atoms with van der Waals surface area (Å²) >= 11 is 0. The fraction of sp³-hybridized carbons (Fsp3) is 0. The Kier molecular flexibility index (Phi) is 3.47. The minimum atomic E-state index is 0.305. The fourth-order valence-corrected chi connectivity index (χ4v) is 3.32. The predicted molar refractivity (Wildman–Crippen MR) is 106 cm³/mol. The maximum atomic E-state index is 9.04. The van der Waals surface area contributed by atoms with Crippen LogP contribution in [0.25, 0.3) is 44.4 Å². The van der Waals surface area contributed by atoms with Crippen molar-refractivity contribution < 1.29 is 4.42 Å². The zero-order valence-electron chi connectivity index (χ0n) is 14.6. The van der Waals surface area contributed by atoms with E-state index in [1.165, 1.54) is 0 Å². The van der Waals surface area contributed by atoms with Gasteiger partial charge in [0.15, 0.2) is 0 Å². The lowest BCUT2D eigenvalue weighted by Gasteiger charge is -2.03. The van der Waals surface area contributed by atoms with Gasteiger partial charge in [0, 0.05) is 34.1 Å². The van der Waals surface area contributed by atoms with Gasteiger partial charge in [0.1, 0.15) is 11.7 Å². The van der Waals surface area contributed by atoms with Crippen LogP contribution in [-0.2, 0) is 0 Å². The Hall–Kier alpha value is -4.35. The molecule has 0 unspecified atom stereocenters. The van der Waals surface area contributed by atoms with Crippen LogP contribution in [0.3, 0.4) is 0 Å². The Morgan fingerprint density at radius 3 is 2.46 bits per heavy atom. The van der Waals surface area contributed by atoms with Crippen molar-refractivity contribution in [3.05, 3.63) is 78.2 Å². The summed E-state index contributed by atoms with van der Waals surface area (Å²) in [5.41, 5.74) is 5.88. The summed E-state index contributed by atoms with van der Waals surface area (Å²) in [6.07, 6.45) is 1.82. The highest BCUT2D eigenvalue weighted by Gasteiger charge is 2.08. The first-order valence-electron chi connectivity index (χ1n) is 8.67. The van der Waals surface area contributed by atoms with Gasteiger partial charge >= 0.3 is 0 Å². The number of nitrogens with one attached hydrogen (secondary N) is 1. The highest BCUT2D eigenvalue weighted by molar-refractivity contribution is 5.87. The molecule has 0 saturated heterocycles. The predicted octanol–water partition coefficient (Wildman–Crippen LogP) is 5.39. The molecule has 0 aliphatic carbocycles. The molecule has 2 aromatic carbocycles. The lowest BCUT2D eigenvalue weighted by atomic mass is 10.1. The number of furan rings is 1. The number of aromatic amines is 1. The van der Waals surface area contributed by atoms with Gasteiger partial charge in [-0.05, 0) is 35.9 Å². The van der Waals surface area contributed by atoms with E-state index in [4.69, 9.17) is 14.9 Å². The number of rotatable bonds is 2. The summed E-state index contributed by atoms with van der Waals surface area (Å²) < 4.78 is 5.52. The van der Waals surface area contributed by atoms with Gasteiger partial charge in [-0.1, -0.05) is 24.3 Å². The zero-order chi connectivity index (χ0) is 19.1. The number of pyridine rings is 1. The summed E-state index contributed by atoms with van der Waals surface area (Å²) in [6, 6.07) is 23.3. The van der Waals surface area contributed by atoms with Crippen molar-refractivity contribution in [2.45, 2.75) is 0 Å². The molecule has 1 N–H and O–H groups in total. The van der Waals surface area contributed by atoms with Crippen molar-refractivity contribution in [1.29, 1.82) is 10.5 Å². The van der Waals surface area contributed by atoms with Gasteiger partial charge in [-0.15, -0.1) is 0 Å². The monoisotopic (exact) mass is 360 g/mol. The summed E-state index contributed by atoms with van der Waals surface area (Å²) in [4.78, 5) is 7.91. The van der Waals surface area contributed by atoms with Gasteiger partial charge in [0.2, 0.25) is 5.76 Å². The maximum Gasteiger partial charge on any atom is 0.204 e. The van der Waals surface area contributed by atoms with Crippen LogP contribution in [0.1, 0.15) is 11.3 Å². The first-order valence-corrected chi connectivity index (χ1v) is 8.67. The van der Waals surface area contributed by atoms with Gasteiger partial charge < -0.3 is 9.40 Å². The molecule has 0 spiro atoms. The number of hydrogen-bond donors (Lipinski definition) is 1. The van der Waals surface area contributed by atoms with Crippen LogP contribution in [0.5, 0.6) is 0 Å². The number of fused-ring (bicyclic) bond motifs is 2. The molecule has 5 heteroatoms. The molecule has 5 nitrogen and oxygen atoms in total. The van der Waals surface area contributed by atoms with Gasteiger partial charge in [0.05, 0.1) is 23.0 Å². The average molecular weight is 360 g/mol. The number of nitrogens with zero attached hydrogens (tertiary/aromatic N) is 3.